The maximum atomic E-state index is 11.3. The average Bonchev–Trinajstić information content (AvgIpc) is 2.87. The van der Waals surface area contributed by atoms with Gasteiger partial charge in [0.1, 0.15) is 5.75 Å². The Kier molecular flexibility index (Phi) is 2.91. The number of methoxy groups -OCH3 is 1. The number of aromatic nitrogens is 1. The molecule has 4 heteroatoms. The first-order chi connectivity index (χ1) is 9.70. The van der Waals surface area contributed by atoms with Crippen molar-refractivity contribution in [1.82, 2.24) is 4.57 Å². The molecule has 0 spiro atoms. The lowest BCUT2D eigenvalue weighted by atomic mass is 10.2. The minimum absolute atomic E-state index is 0.295. The molecule has 0 aliphatic heterocycles. The standard InChI is InChI=1S/C16H13NO3/c1-20-12-6-4-5-11(9-12)17-10-14(16(18)19)13-7-2-3-8-15(13)17/h2-10H,1H3,(H,18,19). The first-order valence-corrected chi connectivity index (χ1v) is 6.18. The second-order valence-electron chi connectivity index (χ2n) is 4.44. The van der Waals surface area contributed by atoms with Crippen LogP contribution in [-0.2, 0) is 0 Å². The van der Waals surface area contributed by atoms with E-state index in [0.29, 0.717) is 5.56 Å². The number of carboxylic acids is 1. The lowest BCUT2D eigenvalue weighted by Crippen LogP contribution is -1.95. The zero-order valence-electron chi connectivity index (χ0n) is 10.9. The van der Waals surface area contributed by atoms with Crippen molar-refractivity contribution in [3.05, 3.63) is 60.3 Å². The second-order valence-corrected chi connectivity index (χ2v) is 4.44. The van der Waals surface area contributed by atoms with Crippen molar-refractivity contribution in [2.45, 2.75) is 0 Å². The number of fused-ring (bicyclic) bond motifs is 1. The lowest BCUT2D eigenvalue weighted by molar-refractivity contribution is 0.0699. The van der Waals surface area contributed by atoms with Gasteiger partial charge < -0.3 is 14.4 Å². The van der Waals surface area contributed by atoms with Gasteiger partial charge in [0, 0.05) is 23.3 Å². The number of carboxylic acid groups (broad SMARTS) is 1. The third-order valence-electron chi connectivity index (χ3n) is 3.27. The summed E-state index contributed by atoms with van der Waals surface area (Å²) >= 11 is 0. The summed E-state index contributed by atoms with van der Waals surface area (Å²) in [6.45, 7) is 0. The molecule has 100 valence electrons. The summed E-state index contributed by atoms with van der Waals surface area (Å²) in [6.07, 6.45) is 1.64. The minimum Gasteiger partial charge on any atom is -0.497 e. The largest absolute Gasteiger partial charge is 0.497 e. The van der Waals surface area contributed by atoms with Crippen molar-refractivity contribution >= 4 is 16.9 Å². The van der Waals surface area contributed by atoms with Crippen molar-refractivity contribution in [1.29, 1.82) is 0 Å². The van der Waals surface area contributed by atoms with Crippen molar-refractivity contribution in [2.24, 2.45) is 0 Å². The fourth-order valence-electron chi connectivity index (χ4n) is 2.32. The molecule has 1 N–H and O–H groups in total. The first kappa shape index (κ1) is 12.3. The minimum atomic E-state index is -0.928. The molecular formula is C16H13NO3. The highest BCUT2D eigenvalue weighted by atomic mass is 16.5. The number of ether oxygens (including phenoxy) is 1. The summed E-state index contributed by atoms with van der Waals surface area (Å²) in [7, 11) is 1.61. The SMILES string of the molecule is COc1cccc(-n2cc(C(=O)O)c3ccccc32)c1. The predicted molar refractivity (Wildman–Crippen MR) is 76.8 cm³/mol. The highest BCUT2D eigenvalue weighted by Gasteiger charge is 2.14. The predicted octanol–water partition coefficient (Wildman–Crippen LogP) is 3.34. The Morgan fingerprint density at radius 3 is 2.70 bits per heavy atom. The summed E-state index contributed by atoms with van der Waals surface area (Å²) in [4.78, 5) is 11.3. The number of hydrogen-bond acceptors (Lipinski definition) is 2. The Hall–Kier alpha value is -2.75. The van der Waals surface area contributed by atoms with Gasteiger partial charge in [-0.2, -0.15) is 0 Å². The quantitative estimate of drug-likeness (QED) is 0.791. The molecule has 20 heavy (non-hydrogen) atoms. The number of aromatic carboxylic acids is 1. The topological polar surface area (TPSA) is 51.5 Å². The van der Waals surface area contributed by atoms with Crippen LogP contribution < -0.4 is 4.74 Å². The van der Waals surface area contributed by atoms with Crippen LogP contribution in [0.5, 0.6) is 5.75 Å². The molecule has 0 aliphatic rings. The zero-order valence-corrected chi connectivity index (χ0v) is 10.9. The molecule has 4 nitrogen and oxygen atoms in total. The summed E-state index contributed by atoms with van der Waals surface area (Å²) in [5.41, 5.74) is 2.02. The van der Waals surface area contributed by atoms with Gasteiger partial charge in [-0.3, -0.25) is 0 Å². The molecule has 0 aliphatic carbocycles. The lowest BCUT2D eigenvalue weighted by Gasteiger charge is -2.07. The molecule has 1 heterocycles. The highest BCUT2D eigenvalue weighted by molar-refractivity contribution is 6.04. The molecule has 0 atom stereocenters. The molecule has 0 saturated heterocycles. The fourth-order valence-corrected chi connectivity index (χ4v) is 2.32. The molecule has 0 bridgehead atoms. The normalized spacial score (nSPS) is 10.7. The van der Waals surface area contributed by atoms with Crippen molar-refractivity contribution in [2.75, 3.05) is 7.11 Å². The van der Waals surface area contributed by atoms with Crippen LogP contribution in [0.25, 0.3) is 16.6 Å². The van der Waals surface area contributed by atoms with Crippen LogP contribution in [0, 0.1) is 0 Å². The molecular weight excluding hydrogens is 254 g/mol. The van der Waals surface area contributed by atoms with E-state index in [-0.39, 0.29) is 0 Å². The fraction of sp³-hybridized carbons (Fsp3) is 0.0625. The molecule has 0 fully saturated rings. The van der Waals surface area contributed by atoms with E-state index in [1.54, 1.807) is 13.3 Å². The van der Waals surface area contributed by atoms with Crippen LogP contribution in [-0.4, -0.2) is 22.8 Å². The van der Waals surface area contributed by atoms with Gasteiger partial charge in [-0.05, 0) is 18.2 Å². The van der Waals surface area contributed by atoms with E-state index in [9.17, 15) is 9.90 Å². The number of hydrogen-bond donors (Lipinski definition) is 1. The number of nitrogens with zero attached hydrogens (tertiary/aromatic N) is 1. The zero-order chi connectivity index (χ0) is 14.1. The molecule has 0 saturated carbocycles. The maximum Gasteiger partial charge on any atom is 0.337 e. The van der Waals surface area contributed by atoms with E-state index in [1.165, 1.54) is 0 Å². The monoisotopic (exact) mass is 267 g/mol. The summed E-state index contributed by atoms with van der Waals surface area (Å²) < 4.78 is 7.08. The number of benzene rings is 2. The van der Waals surface area contributed by atoms with Gasteiger partial charge in [-0.1, -0.05) is 24.3 Å². The van der Waals surface area contributed by atoms with E-state index in [1.807, 2.05) is 53.1 Å². The van der Waals surface area contributed by atoms with Crippen molar-refractivity contribution < 1.29 is 14.6 Å². The summed E-state index contributed by atoms with van der Waals surface area (Å²) in [5.74, 6) is -0.194. The Bertz CT molecular complexity index is 789. The van der Waals surface area contributed by atoms with E-state index in [0.717, 1.165) is 22.3 Å². The van der Waals surface area contributed by atoms with Crippen LogP contribution in [0.15, 0.2) is 54.7 Å². The van der Waals surface area contributed by atoms with E-state index < -0.39 is 5.97 Å². The molecule has 2 aromatic carbocycles. The smallest absolute Gasteiger partial charge is 0.337 e. The molecule has 0 unspecified atom stereocenters. The van der Waals surface area contributed by atoms with Crippen molar-refractivity contribution in [3.63, 3.8) is 0 Å². The van der Waals surface area contributed by atoms with Crippen LogP contribution in [0.2, 0.25) is 0 Å². The molecule has 0 radical (unpaired) electrons. The second kappa shape index (κ2) is 4.74. The number of rotatable bonds is 3. The Balaban J connectivity index is 2.28. The number of carbonyl (C=O) groups is 1. The van der Waals surface area contributed by atoms with E-state index in [2.05, 4.69) is 0 Å². The van der Waals surface area contributed by atoms with Gasteiger partial charge in [0.2, 0.25) is 0 Å². The van der Waals surface area contributed by atoms with Crippen LogP contribution in [0.3, 0.4) is 0 Å². The first-order valence-electron chi connectivity index (χ1n) is 6.18. The Labute approximate surface area is 115 Å². The molecule has 1 aromatic heterocycles. The third-order valence-corrected chi connectivity index (χ3v) is 3.27. The van der Waals surface area contributed by atoms with E-state index >= 15 is 0 Å². The van der Waals surface area contributed by atoms with Gasteiger partial charge >= 0.3 is 5.97 Å². The van der Waals surface area contributed by atoms with Gasteiger partial charge in [0.15, 0.2) is 0 Å². The average molecular weight is 267 g/mol. The van der Waals surface area contributed by atoms with Crippen LogP contribution in [0.4, 0.5) is 0 Å². The highest BCUT2D eigenvalue weighted by Crippen LogP contribution is 2.26. The Morgan fingerprint density at radius 1 is 1.15 bits per heavy atom. The maximum absolute atomic E-state index is 11.3. The van der Waals surface area contributed by atoms with Crippen molar-refractivity contribution in [3.8, 4) is 11.4 Å². The van der Waals surface area contributed by atoms with E-state index in [4.69, 9.17) is 4.74 Å². The summed E-state index contributed by atoms with van der Waals surface area (Å²) in [5, 5.41) is 10.0. The number of para-hydroxylation sites is 1. The van der Waals surface area contributed by atoms with Crippen LogP contribution >= 0.6 is 0 Å². The van der Waals surface area contributed by atoms with Gasteiger partial charge in [-0.25, -0.2) is 4.79 Å². The molecule has 3 rings (SSSR count). The Morgan fingerprint density at radius 2 is 1.95 bits per heavy atom. The summed E-state index contributed by atoms with van der Waals surface area (Å²) in [6, 6.07) is 15.0. The van der Waals surface area contributed by atoms with Gasteiger partial charge in [0.25, 0.3) is 0 Å². The molecule has 0 amide bonds. The van der Waals surface area contributed by atoms with Gasteiger partial charge in [-0.15, -0.1) is 0 Å². The van der Waals surface area contributed by atoms with Gasteiger partial charge in [0.05, 0.1) is 18.2 Å². The van der Waals surface area contributed by atoms with Crippen LogP contribution in [0.1, 0.15) is 10.4 Å². The molecule has 3 aromatic rings. The third kappa shape index (κ3) is 1.91.